The molecule has 3 N–H and O–H groups in total. The summed E-state index contributed by atoms with van der Waals surface area (Å²) < 4.78 is 4.92. The molecule has 3 aromatic heterocycles. The van der Waals surface area contributed by atoms with Crippen molar-refractivity contribution < 1.29 is 53.7 Å². The third-order valence-corrected chi connectivity index (χ3v) is 4.48. The largest absolute Gasteiger partial charge is 1.00 e. The van der Waals surface area contributed by atoms with Crippen molar-refractivity contribution >= 4 is 52.8 Å². The van der Waals surface area contributed by atoms with E-state index in [-0.39, 0.29) is 56.1 Å². The molecule has 1 unspecified atom stereocenters. The Bertz CT molecular complexity index is 1280. The van der Waals surface area contributed by atoms with Crippen LogP contribution in [0.2, 0.25) is 0 Å². The van der Waals surface area contributed by atoms with Crippen molar-refractivity contribution in [2.45, 2.75) is 38.1 Å². The number of carbonyl (C=O) groups excluding carboxylic acids is 2. The summed E-state index contributed by atoms with van der Waals surface area (Å²) in [4.78, 5) is 58.6. The molecule has 0 aliphatic heterocycles. The monoisotopic (exact) mass is 587 g/mol. The van der Waals surface area contributed by atoms with Crippen LogP contribution in [0.4, 0.5) is 11.8 Å². The molecule has 0 amide bonds. The van der Waals surface area contributed by atoms with Gasteiger partial charge >= 0.3 is 52.9 Å². The molecular formula is C15H24N12NaO8S2+. The molecule has 0 aromatic carbocycles. The topological polar surface area (TPSA) is 283 Å². The molecule has 3 aromatic rings. The number of methoxy groups -OCH3 is 1. The average Bonchev–Trinajstić information content (AvgIpc) is 3.46. The van der Waals surface area contributed by atoms with E-state index in [1.165, 1.54) is 23.5 Å². The second kappa shape index (κ2) is 18.8. The molecule has 0 radical (unpaired) electrons. The van der Waals surface area contributed by atoms with Crippen LogP contribution in [0.5, 0.6) is 0 Å². The van der Waals surface area contributed by atoms with Crippen LogP contribution >= 0.6 is 23.5 Å². The number of carbonyl (C=O) groups is 2. The second-order valence-electron chi connectivity index (χ2n) is 5.53. The summed E-state index contributed by atoms with van der Waals surface area (Å²) in [5, 5.41) is 39.9. The number of fused-ring (bicyclic) bond motifs is 1. The van der Waals surface area contributed by atoms with Crippen molar-refractivity contribution in [3.63, 3.8) is 0 Å². The maximum absolute atomic E-state index is 11.4. The number of ketones is 1. The van der Waals surface area contributed by atoms with E-state index in [1.54, 1.807) is 6.26 Å². The number of nitro groups is 2. The van der Waals surface area contributed by atoms with E-state index in [1.807, 2.05) is 6.26 Å². The van der Waals surface area contributed by atoms with Crippen LogP contribution in [0.15, 0.2) is 20.2 Å². The fourth-order valence-electron chi connectivity index (χ4n) is 1.85. The first kappa shape index (κ1) is 39.2. The number of ether oxygens (including phenoxy) is 1. The van der Waals surface area contributed by atoms with E-state index in [4.69, 9.17) is 5.53 Å². The summed E-state index contributed by atoms with van der Waals surface area (Å²) in [5.41, 5.74) is 5.64. The van der Waals surface area contributed by atoms with Gasteiger partial charge in [-0.05, 0) is 17.4 Å². The number of hydrogen-bond donors (Lipinski definition) is 3. The Morgan fingerprint density at radius 1 is 1.16 bits per heavy atom. The summed E-state index contributed by atoms with van der Waals surface area (Å²) in [5.74, 6) is -2.54. The average molecular weight is 588 g/mol. The molecule has 0 saturated carbocycles. The van der Waals surface area contributed by atoms with Gasteiger partial charge in [-0.3, -0.25) is 24.8 Å². The molecule has 0 aliphatic rings. The summed E-state index contributed by atoms with van der Waals surface area (Å²) in [6, 6.07) is -1.88. The number of H-pyrrole nitrogens is 2. The van der Waals surface area contributed by atoms with E-state index < -0.39 is 39.0 Å². The summed E-state index contributed by atoms with van der Waals surface area (Å²) in [6.45, 7) is 0.963. The Morgan fingerprint density at radius 3 is 2.11 bits per heavy atom. The van der Waals surface area contributed by atoms with Crippen molar-refractivity contribution in [1.82, 2.24) is 40.0 Å². The zero-order valence-electron chi connectivity index (χ0n) is 19.2. The summed E-state index contributed by atoms with van der Waals surface area (Å²) in [7, 11) is 0.988. The van der Waals surface area contributed by atoms with E-state index >= 15 is 0 Å². The van der Waals surface area contributed by atoms with Crippen LogP contribution in [0, 0.1) is 25.8 Å². The minimum Gasteiger partial charge on any atom is -0.464 e. The molecule has 0 saturated heterocycles. The zero-order chi connectivity index (χ0) is 26.7. The number of rotatable bonds is 7. The van der Waals surface area contributed by atoms with Gasteiger partial charge in [-0.1, -0.05) is 38.4 Å². The normalized spacial score (nSPS) is 9.89. The van der Waals surface area contributed by atoms with Crippen molar-refractivity contribution in [3.05, 3.63) is 30.6 Å². The molecule has 0 bridgehead atoms. The second-order valence-corrected chi connectivity index (χ2v) is 7.10. The number of aromatic amines is 2. The van der Waals surface area contributed by atoms with E-state index in [0.29, 0.717) is 10.3 Å². The Morgan fingerprint density at radius 2 is 1.76 bits per heavy atom. The molecule has 0 spiro atoms. The predicted molar refractivity (Wildman–Crippen MR) is 130 cm³/mol. The third-order valence-electron chi connectivity index (χ3n) is 3.37. The molecule has 1 atom stereocenters. The van der Waals surface area contributed by atoms with Gasteiger partial charge in [0.2, 0.25) is 10.9 Å². The third kappa shape index (κ3) is 11.0. The number of thioether (sulfide) groups is 2. The Kier molecular flexibility index (Phi) is 19.4. The Hall–Kier alpha value is -3.34. The number of esters is 1. The summed E-state index contributed by atoms with van der Waals surface area (Å²) in [6.07, 6.45) is 3.60. The van der Waals surface area contributed by atoms with Crippen molar-refractivity contribution in [1.29, 1.82) is 5.53 Å². The standard InChI is InChI=1S/C5H4N6O3S.C5H7NO5.C3H5N5S.2CH4.Na/c1-15-5-6-4-8-7-2(11(13)14)3(12)10(4)9-5;1-3(7)4(6(9)10)5(8)11-2;1-9-3-5-2(6-4)7-8-3;;;/h1H3,(H,6,8,9);4H,1-2H3;4H,1H3,(H,5,7,8);2*1H4;/q;;;;;+1. The van der Waals surface area contributed by atoms with Gasteiger partial charge in [-0.25, -0.2) is 15.4 Å². The van der Waals surface area contributed by atoms with Gasteiger partial charge < -0.3 is 14.9 Å². The van der Waals surface area contributed by atoms with Gasteiger partial charge in [0.05, 0.1) is 12.2 Å². The van der Waals surface area contributed by atoms with Gasteiger partial charge in [0.1, 0.15) is 0 Å². The number of hydrogen-bond acceptors (Lipinski definition) is 17. The minimum atomic E-state index is -1.88. The fourth-order valence-corrected chi connectivity index (χ4v) is 2.52. The van der Waals surface area contributed by atoms with Crippen LogP contribution in [0.3, 0.4) is 0 Å². The van der Waals surface area contributed by atoms with Crippen molar-refractivity contribution in [2.24, 2.45) is 5.11 Å². The fraction of sp³-hybridized carbons (Fsp3) is 0.467. The molecule has 204 valence electrons. The van der Waals surface area contributed by atoms with E-state index in [0.717, 1.165) is 18.5 Å². The van der Waals surface area contributed by atoms with Crippen LogP contribution in [-0.4, -0.2) is 87.2 Å². The van der Waals surface area contributed by atoms with Gasteiger partial charge in [0.15, 0.2) is 5.16 Å². The molecule has 38 heavy (non-hydrogen) atoms. The van der Waals surface area contributed by atoms with Crippen LogP contribution in [0.1, 0.15) is 21.8 Å². The van der Waals surface area contributed by atoms with Gasteiger partial charge in [-0.15, -0.1) is 10.2 Å². The molecular weight excluding hydrogens is 563 g/mol. The summed E-state index contributed by atoms with van der Waals surface area (Å²) >= 11 is 2.66. The maximum Gasteiger partial charge on any atom is 1.00 e. The quantitative estimate of drug-likeness (QED) is 0.0528. The SMILES string of the molecule is C.C.COC(=O)C(C(C)=O)[N+](=O)[O-].CSc1n[nH]c(N=N)n1.CSc1nc2nnc([N+](=O)[O-])c(=O)n2[nH]1.[Na+]. The maximum atomic E-state index is 11.4. The Balaban J connectivity index is -0.000000482. The number of aromatic nitrogens is 8. The van der Waals surface area contributed by atoms with E-state index in [9.17, 15) is 34.6 Å². The van der Waals surface area contributed by atoms with Crippen LogP contribution in [0.25, 0.3) is 5.78 Å². The number of Topliss-reactive ketones (excluding diaryl/α,β-unsaturated/α-hetero) is 1. The zero-order valence-corrected chi connectivity index (χ0v) is 22.8. The van der Waals surface area contributed by atoms with E-state index in [2.05, 4.69) is 45.3 Å². The molecule has 0 fully saturated rings. The molecule has 0 aliphatic carbocycles. The minimum absolute atomic E-state index is 0. The molecule has 3 rings (SSSR count). The first-order valence-electron chi connectivity index (χ1n) is 8.60. The molecule has 23 heteroatoms. The molecule has 20 nitrogen and oxygen atoms in total. The van der Waals surface area contributed by atoms with Gasteiger partial charge in [-0.2, -0.15) is 14.5 Å². The van der Waals surface area contributed by atoms with Crippen molar-refractivity contribution in [2.75, 3.05) is 19.6 Å². The van der Waals surface area contributed by atoms with Crippen LogP contribution < -0.4 is 35.1 Å². The Labute approximate surface area is 244 Å². The first-order chi connectivity index (χ1) is 16.5. The number of nitrogens with zero attached hydrogens (tertiary/aromatic N) is 9. The first-order valence-corrected chi connectivity index (χ1v) is 11.0. The van der Waals surface area contributed by atoms with Crippen molar-refractivity contribution in [3.8, 4) is 0 Å². The van der Waals surface area contributed by atoms with Crippen LogP contribution in [-0.2, 0) is 14.3 Å². The number of nitrogens with one attached hydrogen (secondary N) is 3. The van der Waals surface area contributed by atoms with Gasteiger partial charge in [0, 0.05) is 16.9 Å². The molecule has 3 heterocycles. The smallest absolute Gasteiger partial charge is 0.464 e. The predicted octanol–water partition coefficient (Wildman–Crippen LogP) is -1.70. The van der Waals surface area contributed by atoms with Gasteiger partial charge in [0.25, 0.3) is 11.7 Å².